The third-order valence-corrected chi connectivity index (χ3v) is 6.77. The van der Waals surface area contributed by atoms with Gasteiger partial charge in [0.15, 0.2) is 0 Å². The van der Waals surface area contributed by atoms with Gasteiger partial charge in [-0.2, -0.15) is 26.3 Å². The second-order valence-electron chi connectivity index (χ2n) is 9.29. The van der Waals surface area contributed by atoms with Gasteiger partial charge in [0.05, 0.1) is 17.7 Å². The minimum Gasteiger partial charge on any atom is -0.457 e. The first-order valence-electron chi connectivity index (χ1n) is 12.6. The molecular formula is C30H22F9NO3S. The van der Waals surface area contributed by atoms with Crippen LogP contribution in [0.25, 0.3) is 0 Å². The number of thioether (sulfide) groups is 1. The van der Waals surface area contributed by atoms with Gasteiger partial charge in [0.25, 0.3) is 0 Å². The van der Waals surface area contributed by atoms with Crippen LogP contribution in [0.3, 0.4) is 0 Å². The van der Waals surface area contributed by atoms with Crippen molar-refractivity contribution in [1.29, 1.82) is 0 Å². The van der Waals surface area contributed by atoms with Crippen LogP contribution >= 0.6 is 11.8 Å². The number of aliphatic hydroxyl groups is 1. The monoisotopic (exact) mass is 647 g/mol. The number of ether oxygens (including phenoxy) is 2. The van der Waals surface area contributed by atoms with Gasteiger partial charge in [-0.25, -0.2) is 0 Å². The van der Waals surface area contributed by atoms with Crippen molar-refractivity contribution in [3.63, 3.8) is 0 Å². The van der Waals surface area contributed by atoms with Gasteiger partial charge < -0.3 is 19.9 Å². The predicted octanol–water partition coefficient (Wildman–Crippen LogP) is 9.42. The summed E-state index contributed by atoms with van der Waals surface area (Å²) < 4.78 is 125. The molecule has 0 aliphatic heterocycles. The quantitative estimate of drug-likeness (QED) is 0.133. The van der Waals surface area contributed by atoms with Crippen molar-refractivity contribution in [3.05, 3.63) is 119 Å². The first kappa shape index (κ1) is 33.0. The van der Waals surface area contributed by atoms with Crippen molar-refractivity contribution in [2.45, 2.75) is 35.1 Å². The third kappa shape index (κ3) is 9.82. The lowest BCUT2D eigenvalue weighted by molar-refractivity contribution is -0.274. The highest BCUT2D eigenvalue weighted by molar-refractivity contribution is 8.00. The molecule has 4 rings (SSSR count). The average molecular weight is 648 g/mol. The Morgan fingerprint density at radius 1 is 0.659 bits per heavy atom. The maximum absolute atomic E-state index is 13.1. The molecule has 0 aromatic heterocycles. The maximum Gasteiger partial charge on any atom is 0.573 e. The van der Waals surface area contributed by atoms with E-state index < -0.39 is 41.5 Å². The normalized spacial score (nSPS) is 13.8. The number of rotatable bonds is 10. The molecule has 0 aliphatic carbocycles. The van der Waals surface area contributed by atoms with Crippen molar-refractivity contribution in [2.75, 3.05) is 6.54 Å². The molecule has 0 fully saturated rings. The van der Waals surface area contributed by atoms with E-state index in [9.17, 15) is 44.6 Å². The Morgan fingerprint density at radius 3 is 1.84 bits per heavy atom. The van der Waals surface area contributed by atoms with Crippen LogP contribution < -0.4 is 14.8 Å². The molecule has 14 heteroatoms. The van der Waals surface area contributed by atoms with Crippen molar-refractivity contribution >= 4 is 11.8 Å². The fourth-order valence-electron chi connectivity index (χ4n) is 4.16. The molecule has 0 aliphatic rings. The number of alkyl halides is 9. The molecule has 0 spiro atoms. The summed E-state index contributed by atoms with van der Waals surface area (Å²) in [6, 6.07) is 19.6. The first-order valence-corrected chi connectivity index (χ1v) is 13.5. The maximum atomic E-state index is 13.1. The molecule has 2 N–H and O–H groups in total. The van der Waals surface area contributed by atoms with Crippen LogP contribution in [0.15, 0.2) is 102 Å². The van der Waals surface area contributed by atoms with E-state index in [2.05, 4.69) is 10.1 Å². The lowest BCUT2D eigenvalue weighted by atomic mass is 9.97. The zero-order valence-corrected chi connectivity index (χ0v) is 23.0. The van der Waals surface area contributed by atoms with E-state index in [0.29, 0.717) is 11.1 Å². The Labute approximate surface area is 249 Å². The third-order valence-electron chi connectivity index (χ3n) is 6.05. The van der Waals surface area contributed by atoms with Gasteiger partial charge in [-0.15, -0.1) is 13.2 Å². The first-order chi connectivity index (χ1) is 20.6. The average Bonchev–Trinajstić information content (AvgIpc) is 2.92. The Kier molecular flexibility index (Phi) is 10.1. The second-order valence-corrected chi connectivity index (χ2v) is 10.4. The molecule has 0 radical (unpaired) electrons. The van der Waals surface area contributed by atoms with E-state index in [-0.39, 0.29) is 40.3 Å². The number of hydrogen-bond acceptors (Lipinski definition) is 5. The van der Waals surface area contributed by atoms with E-state index in [0.717, 1.165) is 36.4 Å². The molecule has 2 atom stereocenters. The molecule has 234 valence electrons. The van der Waals surface area contributed by atoms with Crippen LogP contribution in [0.1, 0.15) is 34.4 Å². The van der Waals surface area contributed by atoms with Gasteiger partial charge in [0.1, 0.15) is 17.2 Å². The number of benzene rings is 4. The molecule has 44 heavy (non-hydrogen) atoms. The topological polar surface area (TPSA) is 50.7 Å². The fourth-order valence-corrected chi connectivity index (χ4v) is 4.77. The SMILES string of the molecule is OC(CNC(c1cccc(Oc2ccc(OC(F)(F)F)cc2)c1)c1cccc(SC(F)(F)F)c1)c1ccc(C(F)(F)F)cc1. The summed E-state index contributed by atoms with van der Waals surface area (Å²) in [5.41, 5.74) is -4.40. The van der Waals surface area contributed by atoms with Crippen molar-refractivity contribution in [2.24, 2.45) is 0 Å². The van der Waals surface area contributed by atoms with Gasteiger partial charge in [0.2, 0.25) is 0 Å². The minimum absolute atomic E-state index is 0.0985. The fraction of sp³-hybridized carbons (Fsp3) is 0.200. The molecule has 0 bridgehead atoms. The molecular weight excluding hydrogens is 625 g/mol. The van der Waals surface area contributed by atoms with Crippen LogP contribution in [0.4, 0.5) is 39.5 Å². The number of nitrogens with one attached hydrogen (secondary N) is 1. The molecule has 0 heterocycles. The van der Waals surface area contributed by atoms with Gasteiger partial charge in [-0.3, -0.25) is 0 Å². The predicted molar refractivity (Wildman–Crippen MR) is 144 cm³/mol. The zero-order chi connectivity index (χ0) is 32.1. The zero-order valence-electron chi connectivity index (χ0n) is 22.2. The number of hydrogen-bond donors (Lipinski definition) is 2. The summed E-state index contributed by atoms with van der Waals surface area (Å²) in [4.78, 5) is -0.0985. The van der Waals surface area contributed by atoms with E-state index in [1.54, 1.807) is 30.3 Å². The largest absolute Gasteiger partial charge is 0.573 e. The van der Waals surface area contributed by atoms with E-state index >= 15 is 0 Å². The van der Waals surface area contributed by atoms with Crippen LogP contribution in [-0.2, 0) is 6.18 Å². The lowest BCUT2D eigenvalue weighted by Crippen LogP contribution is -2.27. The van der Waals surface area contributed by atoms with Crippen LogP contribution in [-0.4, -0.2) is 23.5 Å². The van der Waals surface area contributed by atoms with E-state index in [1.165, 1.54) is 30.3 Å². The van der Waals surface area contributed by atoms with Gasteiger partial charge in [-0.05, 0) is 89.1 Å². The van der Waals surface area contributed by atoms with E-state index in [4.69, 9.17) is 4.74 Å². The Bertz CT molecular complexity index is 1520. The smallest absolute Gasteiger partial charge is 0.457 e. The molecule has 0 saturated heterocycles. The standard InChI is InChI=1S/C30H22F9NO3S/c31-28(32,33)21-9-7-18(8-10-21)26(41)17-40-27(20-4-2-6-25(16-20)44-30(37,38)39)19-3-1-5-24(15-19)42-22-11-13-23(14-12-22)43-29(34,35)36/h1-16,26-27,40-41H,17H2. The Balaban J connectivity index is 1.58. The van der Waals surface area contributed by atoms with Crippen molar-refractivity contribution < 1.29 is 54.1 Å². The molecule has 4 nitrogen and oxygen atoms in total. The summed E-state index contributed by atoms with van der Waals surface area (Å²) in [5.74, 6) is -0.0449. The summed E-state index contributed by atoms with van der Waals surface area (Å²) in [6.07, 6.45) is -10.7. The van der Waals surface area contributed by atoms with Crippen LogP contribution in [0.2, 0.25) is 0 Å². The lowest BCUT2D eigenvalue weighted by Gasteiger charge is -2.23. The summed E-state index contributed by atoms with van der Waals surface area (Å²) >= 11 is -0.313. The highest BCUT2D eigenvalue weighted by Crippen LogP contribution is 2.39. The number of aliphatic hydroxyl groups excluding tert-OH is 1. The second kappa shape index (κ2) is 13.4. The molecule has 0 amide bonds. The summed E-state index contributed by atoms with van der Waals surface area (Å²) in [5, 5.41) is 13.8. The van der Waals surface area contributed by atoms with Gasteiger partial charge in [-0.1, -0.05) is 36.4 Å². The highest BCUT2D eigenvalue weighted by atomic mass is 32.2. The molecule has 0 saturated carbocycles. The van der Waals surface area contributed by atoms with Crippen LogP contribution in [0, 0.1) is 0 Å². The molecule has 4 aromatic rings. The van der Waals surface area contributed by atoms with Gasteiger partial charge >= 0.3 is 18.0 Å². The van der Waals surface area contributed by atoms with Crippen molar-refractivity contribution in [1.82, 2.24) is 5.32 Å². The summed E-state index contributed by atoms with van der Waals surface area (Å²) in [6.45, 7) is -0.196. The molecule has 4 aromatic carbocycles. The Hall–Kier alpha value is -3.88. The molecule has 2 unspecified atom stereocenters. The highest BCUT2D eigenvalue weighted by Gasteiger charge is 2.32. The van der Waals surface area contributed by atoms with E-state index in [1.807, 2.05) is 0 Å². The Morgan fingerprint density at radius 2 is 1.25 bits per heavy atom. The van der Waals surface area contributed by atoms with Crippen LogP contribution in [0.5, 0.6) is 17.2 Å². The minimum atomic E-state index is -4.87. The van der Waals surface area contributed by atoms with Crippen molar-refractivity contribution in [3.8, 4) is 17.2 Å². The summed E-state index contributed by atoms with van der Waals surface area (Å²) in [7, 11) is 0. The van der Waals surface area contributed by atoms with Gasteiger partial charge in [0, 0.05) is 11.4 Å². The number of halogens is 9.